The maximum Gasteiger partial charge on any atom is 0.262 e. The molecule has 0 bridgehead atoms. The van der Waals surface area contributed by atoms with Crippen molar-refractivity contribution in [2.24, 2.45) is 0 Å². The molecule has 33 heavy (non-hydrogen) atoms. The first-order valence-electron chi connectivity index (χ1n) is 10.6. The van der Waals surface area contributed by atoms with Gasteiger partial charge in [0.05, 0.1) is 6.61 Å². The maximum absolute atomic E-state index is 12.9. The van der Waals surface area contributed by atoms with Gasteiger partial charge in [0, 0.05) is 22.3 Å². The lowest BCUT2D eigenvalue weighted by atomic mass is 10.0. The first-order valence-corrected chi connectivity index (χ1v) is 10.6. The Bertz CT molecular complexity index is 1320. The van der Waals surface area contributed by atoms with Crippen molar-refractivity contribution < 1.29 is 19.4 Å². The standard InChI is InChI=1S/C27H24N2O4/c1-18-6-4-8-20(14-18)29-27(32)24-12-13-25(23-11-3-2-10-22(23)24)33-17-26(31)28-21-9-5-7-19(15-21)16-30/h2-15,30H,16-17H2,1H3,(H,28,31)(H,29,32). The van der Waals surface area contributed by atoms with Gasteiger partial charge in [-0.05, 0) is 59.8 Å². The topological polar surface area (TPSA) is 87.7 Å². The van der Waals surface area contributed by atoms with E-state index in [0.717, 1.165) is 22.0 Å². The molecule has 0 heterocycles. The van der Waals surface area contributed by atoms with Crippen LogP contribution in [0.15, 0.2) is 84.9 Å². The molecule has 6 nitrogen and oxygen atoms in total. The highest BCUT2D eigenvalue weighted by molar-refractivity contribution is 6.14. The number of benzene rings is 4. The number of rotatable bonds is 7. The van der Waals surface area contributed by atoms with Crippen LogP contribution in [0.5, 0.6) is 5.75 Å². The molecule has 0 aliphatic heterocycles. The Labute approximate surface area is 191 Å². The molecule has 0 unspecified atom stereocenters. The number of carbonyl (C=O) groups excluding carboxylic acids is 2. The Morgan fingerprint density at radius 3 is 2.30 bits per heavy atom. The second kappa shape index (κ2) is 9.97. The van der Waals surface area contributed by atoms with E-state index < -0.39 is 0 Å². The fraction of sp³-hybridized carbons (Fsp3) is 0.111. The minimum atomic E-state index is -0.324. The van der Waals surface area contributed by atoms with Crippen molar-refractivity contribution in [2.75, 3.05) is 17.2 Å². The Kier molecular flexibility index (Phi) is 6.66. The van der Waals surface area contributed by atoms with Gasteiger partial charge in [0.15, 0.2) is 6.61 Å². The van der Waals surface area contributed by atoms with Crippen LogP contribution in [0.2, 0.25) is 0 Å². The molecule has 2 amide bonds. The molecule has 0 aliphatic carbocycles. The third kappa shape index (κ3) is 5.37. The molecule has 0 saturated carbocycles. The molecule has 6 heteroatoms. The number of aryl methyl sites for hydroxylation is 1. The summed E-state index contributed by atoms with van der Waals surface area (Å²) in [7, 11) is 0. The van der Waals surface area contributed by atoms with Crippen molar-refractivity contribution in [1.29, 1.82) is 0 Å². The molecule has 166 valence electrons. The van der Waals surface area contributed by atoms with E-state index in [-0.39, 0.29) is 25.0 Å². The van der Waals surface area contributed by atoms with Gasteiger partial charge in [-0.2, -0.15) is 0 Å². The Hall–Kier alpha value is -4.16. The van der Waals surface area contributed by atoms with E-state index in [4.69, 9.17) is 4.74 Å². The minimum Gasteiger partial charge on any atom is -0.483 e. The summed E-state index contributed by atoms with van der Waals surface area (Å²) in [5.41, 5.74) is 3.60. The Morgan fingerprint density at radius 2 is 1.55 bits per heavy atom. The number of hydrogen-bond acceptors (Lipinski definition) is 4. The molecule has 0 saturated heterocycles. The summed E-state index contributed by atoms with van der Waals surface area (Å²) in [5, 5.41) is 16.4. The van der Waals surface area contributed by atoms with E-state index in [2.05, 4.69) is 10.6 Å². The number of anilines is 2. The maximum atomic E-state index is 12.9. The summed E-state index contributed by atoms with van der Waals surface area (Å²) >= 11 is 0. The van der Waals surface area contributed by atoms with E-state index in [1.165, 1.54) is 0 Å². The van der Waals surface area contributed by atoms with Gasteiger partial charge in [0.2, 0.25) is 0 Å². The Morgan fingerprint density at radius 1 is 0.818 bits per heavy atom. The van der Waals surface area contributed by atoms with Gasteiger partial charge in [-0.25, -0.2) is 0 Å². The van der Waals surface area contributed by atoms with E-state index in [9.17, 15) is 14.7 Å². The van der Waals surface area contributed by atoms with Crippen LogP contribution in [0.1, 0.15) is 21.5 Å². The lowest BCUT2D eigenvalue weighted by Crippen LogP contribution is -2.20. The van der Waals surface area contributed by atoms with Crippen LogP contribution in [-0.4, -0.2) is 23.5 Å². The summed E-state index contributed by atoms with van der Waals surface area (Å²) in [6.45, 7) is 1.68. The van der Waals surface area contributed by atoms with Gasteiger partial charge >= 0.3 is 0 Å². The number of amides is 2. The minimum absolute atomic E-state index is 0.101. The van der Waals surface area contributed by atoms with Crippen LogP contribution in [-0.2, 0) is 11.4 Å². The molecule has 4 aromatic carbocycles. The summed E-state index contributed by atoms with van der Waals surface area (Å²) in [4.78, 5) is 25.3. The molecule has 0 aromatic heterocycles. The normalized spacial score (nSPS) is 10.6. The predicted octanol–water partition coefficient (Wildman–Crippen LogP) is 4.91. The van der Waals surface area contributed by atoms with E-state index >= 15 is 0 Å². The average Bonchev–Trinajstić information content (AvgIpc) is 2.82. The SMILES string of the molecule is Cc1cccc(NC(=O)c2ccc(OCC(=O)Nc3cccc(CO)c3)c3ccccc23)c1. The largest absolute Gasteiger partial charge is 0.483 e. The molecular weight excluding hydrogens is 416 g/mol. The zero-order valence-electron chi connectivity index (χ0n) is 18.2. The highest BCUT2D eigenvalue weighted by Crippen LogP contribution is 2.29. The molecule has 0 aliphatic rings. The zero-order chi connectivity index (χ0) is 23.2. The lowest BCUT2D eigenvalue weighted by molar-refractivity contribution is -0.118. The van der Waals surface area contributed by atoms with Crippen molar-refractivity contribution in [1.82, 2.24) is 0 Å². The van der Waals surface area contributed by atoms with Crippen molar-refractivity contribution in [2.45, 2.75) is 13.5 Å². The molecular formula is C27H24N2O4. The number of carbonyl (C=O) groups is 2. The number of nitrogens with one attached hydrogen (secondary N) is 2. The molecule has 4 rings (SSSR count). The highest BCUT2D eigenvalue weighted by atomic mass is 16.5. The predicted molar refractivity (Wildman–Crippen MR) is 130 cm³/mol. The zero-order valence-corrected chi connectivity index (χ0v) is 18.2. The van der Waals surface area contributed by atoms with Gasteiger partial charge in [-0.1, -0.05) is 48.5 Å². The number of aliphatic hydroxyl groups is 1. The van der Waals surface area contributed by atoms with Crippen LogP contribution in [0.25, 0.3) is 10.8 Å². The molecule has 0 fully saturated rings. The first kappa shape index (κ1) is 22.0. The van der Waals surface area contributed by atoms with Gasteiger partial charge in [0.25, 0.3) is 11.8 Å². The summed E-state index contributed by atoms with van der Waals surface area (Å²) in [6.07, 6.45) is 0. The molecule has 0 atom stereocenters. The average molecular weight is 440 g/mol. The van der Waals surface area contributed by atoms with Crippen LogP contribution in [0, 0.1) is 6.92 Å². The lowest BCUT2D eigenvalue weighted by Gasteiger charge is -2.13. The third-order valence-electron chi connectivity index (χ3n) is 5.16. The van der Waals surface area contributed by atoms with Gasteiger partial charge in [0.1, 0.15) is 5.75 Å². The van der Waals surface area contributed by atoms with Crippen molar-refractivity contribution in [3.8, 4) is 5.75 Å². The van der Waals surface area contributed by atoms with Gasteiger partial charge < -0.3 is 20.5 Å². The van der Waals surface area contributed by atoms with Crippen molar-refractivity contribution in [3.05, 3.63) is 102 Å². The second-order valence-electron chi connectivity index (χ2n) is 7.68. The van der Waals surface area contributed by atoms with E-state index in [0.29, 0.717) is 22.6 Å². The van der Waals surface area contributed by atoms with Crippen LogP contribution < -0.4 is 15.4 Å². The first-order chi connectivity index (χ1) is 16.0. The molecule has 0 spiro atoms. The number of ether oxygens (including phenoxy) is 1. The summed E-state index contributed by atoms with van der Waals surface area (Å²) in [6, 6.07) is 25.4. The Balaban J connectivity index is 1.50. The number of aliphatic hydroxyl groups excluding tert-OH is 1. The number of hydrogen-bond donors (Lipinski definition) is 3. The summed E-state index contributed by atoms with van der Waals surface area (Å²) < 4.78 is 5.79. The number of fused-ring (bicyclic) bond motifs is 1. The highest BCUT2D eigenvalue weighted by Gasteiger charge is 2.14. The van der Waals surface area contributed by atoms with Gasteiger partial charge in [-0.15, -0.1) is 0 Å². The quantitative estimate of drug-likeness (QED) is 0.381. The smallest absolute Gasteiger partial charge is 0.262 e. The van der Waals surface area contributed by atoms with Crippen molar-refractivity contribution >= 4 is 34.0 Å². The second-order valence-corrected chi connectivity index (χ2v) is 7.68. The van der Waals surface area contributed by atoms with Crippen LogP contribution in [0.4, 0.5) is 11.4 Å². The monoisotopic (exact) mass is 440 g/mol. The van der Waals surface area contributed by atoms with Gasteiger partial charge in [-0.3, -0.25) is 9.59 Å². The third-order valence-corrected chi connectivity index (χ3v) is 5.16. The van der Waals surface area contributed by atoms with Crippen molar-refractivity contribution in [3.63, 3.8) is 0 Å². The fourth-order valence-corrected chi connectivity index (χ4v) is 3.60. The summed E-state index contributed by atoms with van der Waals surface area (Å²) in [5.74, 6) is -0.0303. The molecule has 0 radical (unpaired) electrons. The van der Waals surface area contributed by atoms with Crippen LogP contribution in [0.3, 0.4) is 0 Å². The fourth-order valence-electron chi connectivity index (χ4n) is 3.60. The van der Waals surface area contributed by atoms with E-state index in [1.807, 2.05) is 55.5 Å². The van der Waals surface area contributed by atoms with Crippen LogP contribution >= 0.6 is 0 Å². The molecule has 4 aromatic rings. The molecule has 3 N–H and O–H groups in total. The van der Waals surface area contributed by atoms with E-state index in [1.54, 1.807) is 36.4 Å².